The van der Waals surface area contributed by atoms with Crippen LogP contribution >= 0.6 is 0 Å². The van der Waals surface area contributed by atoms with Gasteiger partial charge in [-0.2, -0.15) is 0 Å². The summed E-state index contributed by atoms with van der Waals surface area (Å²) in [4.78, 5) is 25.2. The number of piperazine rings is 1. The van der Waals surface area contributed by atoms with Crippen LogP contribution in [0.1, 0.15) is 13.8 Å². The molecule has 1 fully saturated rings. The number of carbonyl (C=O) groups excluding carboxylic acids is 2. The number of hydrogen-bond donors (Lipinski definition) is 1. The fraction of sp³-hybridized carbons (Fsp3) is 0.429. The summed E-state index contributed by atoms with van der Waals surface area (Å²) in [5.74, 6) is 0.577. The van der Waals surface area contributed by atoms with Crippen molar-refractivity contribution in [2.24, 2.45) is 0 Å². The third-order valence-corrected chi connectivity index (χ3v) is 3.20. The second kappa shape index (κ2) is 5.73. The topological polar surface area (TPSA) is 58.6 Å². The van der Waals surface area contributed by atoms with Gasteiger partial charge in [0.05, 0.1) is 6.54 Å². The number of amides is 2. The molecular formula is C14H18N2O3. The molecule has 0 radical (unpaired) electrons. The van der Waals surface area contributed by atoms with Gasteiger partial charge in [-0.1, -0.05) is 18.2 Å². The molecule has 2 amide bonds. The Labute approximate surface area is 112 Å². The second-order valence-electron chi connectivity index (χ2n) is 4.60. The molecule has 0 spiro atoms. The minimum absolute atomic E-state index is 0.0660. The highest BCUT2D eigenvalue weighted by Gasteiger charge is 2.35. The largest absolute Gasteiger partial charge is 0.492 e. The Balaban J connectivity index is 1.90. The van der Waals surface area contributed by atoms with Crippen LogP contribution in [0.2, 0.25) is 0 Å². The van der Waals surface area contributed by atoms with E-state index in [1.807, 2.05) is 30.3 Å². The van der Waals surface area contributed by atoms with Crippen molar-refractivity contribution in [1.29, 1.82) is 0 Å². The molecule has 1 aliphatic rings. The van der Waals surface area contributed by atoms with Crippen LogP contribution in [0.3, 0.4) is 0 Å². The number of nitrogens with zero attached hydrogens (tertiary/aromatic N) is 1. The minimum Gasteiger partial charge on any atom is -0.492 e. The second-order valence-corrected chi connectivity index (χ2v) is 4.60. The first-order valence-corrected chi connectivity index (χ1v) is 6.38. The Morgan fingerprint density at radius 2 is 1.89 bits per heavy atom. The Morgan fingerprint density at radius 3 is 2.58 bits per heavy atom. The average Bonchev–Trinajstić information content (AvgIpc) is 2.42. The van der Waals surface area contributed by atoms with Crippen LogP contribution in [0.25, 0.3) is 0 Å². The number of para-hydroxylation sites is 1. The summed E-state index contributed by atoms with van der Waals surface area (Å²) in [6.45, 7) is 4.20. The monoisotopic (exact) mass is 262 g/mol. The minimum atomic E-state index is -0.458. The molecule has 0 aromatic heterocycles. The van der Waals surface area contributed by atoms with Gasteiger partial charge in [-0.05, 0) is 26.0 Å². The van der Waals surface area contributed by atoms with E-state index >= 15 is 0 Å². The van der Waals surface area contributed by atoms with E-state index in [4.69, 9.17) is 4.74 Å². The molecule has 19 heavy (non-hydrogen) atoms. The molecule has 1 heterocycles. The molecule has 1 aromatic carbocycles. The molecule has 0 bridgehead atoms. The van der Waals surface area contributed by atoms with Crippen LogP contribution in [0.5, 0.6) is 5.75 Å². The normalized spacial score (nSPS) is 23.2. The van der Waals surface area contributed by atoms with Gasteiger partial charge in [-0.15, -0.1) is 0 Å². The molecule has 0 aliphatic carbocycles. The van der Waals surface area contributed by atoms with E-state index in [0.29, 0.717) is 13.2 Å². The zero-order valence-corrected chi connectivity index (χ0v) is 11.1. The van der Waals surface area contributed by atoms with Crippen molar-refractivity contribution in [3.05, 3.63) is 30.3 Å². The van der Waals surface area contributed by atoms with Gasteiger partial charge in [0.25, 0.3) is 0 Å². The standard InChI is InChI=1S/C14H18N2O3/c1-10-14(18)16(11(2)13(17)15-10)8-9-19-12-6-4-3-5-7-12/h3-7,10-11H,8-9H2,1-2H3,(H,15,17). The third-order valence-electron chi connectivity index (χ3n) is 3.20. The highest BCUT2D eigenvalue weighted by atomic mass is 16.5. The van der Waals surface area contributed by atoms with Gasteiger partial charge in [0.1, 0.15) is 24.4 Å². The SMILES string of the molecule is CC1NC(=O)C(C)N(CCOc2ccccc2)C1=O. The molecule has 1 saturated heterocycles. The summed E-state index contributed by atoms with van der Waals surface area (Å²) in [7, 11) is 0. The summed E-state index contributed by atoms with van der Waals surface area (Å²) in [5.41, 5.74) is 0. The van der Waals surface area contributed by atoms with E-state index in [0.717, 1.165) is 5.75 Å². The summed E-state index contributed by atoms with van der Waals surface area (Å²) in [5, 5.41) is 2.65. The van der Waals surface area contributed by atoms with Crippen molar-refractivity contribution in [1.82, 2.24) is 10.2 Å². The first kappa shape index (κ1) is 13.4. The van der Waals surface area contributed by atoms with E-state index in [-0.39, 0.29) is 11.8 Å². The lowest BCUT2D eigenvalue weighted by atomic mass is 10.1. The van der Waals surface area contributed by atoms with Crippen LogP contribution in [-0.2, 0) is 9.59 Å². The lowest BCUT2D eigenvalue weighted by Crippen LogP contribution is -2.62. The molecule has 2 unspecified atom stereocenters. The molecule has 1 N–H and O–H groups in total. The first-order valence-electron chi connectivity index (χ1n) is 6.38. The van der Waals surface area contributed by atoms with Crippen LogP contribution in [-0.4, -0.2) is 41.9 Å². The zero-order valence-electron chi connectivity index (χ0n) is 11.1. The number of benzene rings is 1. The highest BCUT2D eigenvalue weighted by Crippen LogP contribution is 2.11. The maximum absolute atomic E-state index is 12.0. The van der Waals surface area contributed by atoms with E-state index in [1.54, 1.807) is 18.7 Å². The maximum atomic E-state index is 12.0. The summed E-state index contributed by atoms with van der Waals surface area (Å²) >= 11 is 0. The number of ether oxygens (including phenoxy) is 1. The summed E-state index contributed by atoms with van der Waals surface area (Å²) < 4.78 is 5.55. The fourth-order valence-corrected chi connectivity index (χ4v) is 2.06. The van der Waals surface area contributed by atoms with Crippen molar-refractivity contribution in [3.63, 3.8) is 0 Å². The van der Waals surface area contributed by atoms with E-state index in [9.17, 15) is 9.59 Å². The summed E-state index contributed by atoms with van der Waals surface area (Å²) in [6, 6.07) is 8.50. The molecule has 0 saturated carbocycles. The quantitative estimate of drug-likeness (QED) is 0.873. The van der Waals surface area contributed by atoms with Crippen molar-refractivity contribution in [2.45, 2.75) is 25.9 Å². The highest BCUT2D eigenvalue weighted by molar-refractivity contribution is 5.96. The van der Waals surface area contributed by atoms with Crippen LogP contribution in [0, 0.1) is 0 Å². The van der Waals surface area contributed by atoms with Gasteiger partial charge < -0.3 is 15.0 Å². The van der Waals surface area contributed by atoms with E-state index in [2.05, 4.69) is 5.32 Å². The Bertz CT molecular complexity index is 461. The number of hydrogen-bond acceptors (Lipinski definition) is 3. The van der Waals surface area contributed by atoms with Gasteiger partial charge in [0.2, 0.25) is 11.8 Å². The van der Waals surface area contributed by atoms with E-state index < -0.39 is 12.1 Å². The lowest BCUT2D eigenvalue weighted by molar-refractivity contribution is -0.148. The van der Waals surface area contributed by atoms with Gasteiger partial charge in [-0.3, -0.25) is 9.59 Å². The van der Waals surface area contributed by atoms with Gasteiger partial charge in [-0.25, -0.2) is 0 Å². The Kier molecular flexibility index (Phi) is 4.04. The van der Waals surface area contributed by atoms with E-state index in [1.165, 1.54) is 0 Å². The average molecular weight is 262 g/mol. The number of nitrogens with one attached hydrogen (secondary N) is 1. The molecular weight excluding hydrogens is 244 g/mol. The fourth-order valence-electron chi connectivity index (χ4n) is 2.06. The predicted molar refractivity (Wildman–Crippen MR) is 70.7 cm³/mol. The van der Waals surface area contributed by atoms with Crippen molar-refractivity contribution >= 4 is 11.8 Å². The molecule has 102 valence electrons. The first-order chi connectivity index (χ1) is 9.09. The maximum Gasteiger partial charge on any atom is 0.245 e. The van der Waals surface area contributed by atoms with Gasteiger partial charge in [0, 0.05) is 0 Å². The summed E-state index contributed by atoms with van der Waals surface area (Å²) in [6.07, 6.45) is 0. The molecule has 1 aliphatic heterocycles. The van der Waals surface area contributed by atoms with Crippen LogP contribution in [0.15, 0.2) is 30.3 Å². The number of carbonyl (C=O) groups is 2. The van der Waals surface area contributed by atoms with Gasteiger partial charge in [0.15, 0.2) is 0 Å². The van der Waals surface area contributed by atoms with Crippen LogP contribution in [0.4, 0.5) is 0 Å². The Hall–Kier alpha value is -2.04. The van der Waals surface area contributed by atoms with Crippen molar-refractivity contribution in [2.75, 3.05) is 13.2 Å². The predicted octanol–water partition coefficient (Wildman–Crippen LogP) is 0.801. The number of rotatable bonds is 4. The smallest absolute Gasteiger partial charge is 0.245 e. The van der Waals surface area contributed by atoms with Crippen molar-refractivity contribution < 1.29 is 14.3 Å². The Morgan fingerprint density at radius 1 is 1.21 bits per heavy atom. The molecule has 1 aromatic rings. The molecule has 5 heteroatoms. The lowest BCUT2D eigenvalue weighted by Gasteiger charge is -2.35. The zero-order chi connectivity index (χ0) is 13.8. The third kappa shape index (κ3) is 3.05. The molecule has 2 rings (SSSR count). The van der Waals surface area contributed by atoms with Crippen LogP contribution < -0.4 is 10.1 Å². The molecule has 2 atom stereocenters. The van der Waals surface area contributed by atoms with Gasteiger partial charge >= 0.3 is 0 Å². The van der Waals surface area contributed by atoms with Crippen molar-refractivity contribution in [3.8, 4) is 5.75 Å². The molecule has 5 nitrogen and oxygen atoms in total.